The van der Waals surface area contributed by atoms with Crippen molar-refractivity contribution in [2.24, 2.45) is 5.92 Å². The van der Waals surface area contributed by atoms with Gasteiger partial charge >= 0.3 is 5.97 Å². The van der Waals surface area contributed by atoms with Crippen molar-refractivity contribution in [3.05, 3.63) is 22.3 Å². The Kier molecular flexibility index (Phi) is 5.89. The predicted molar refractivity (Wildman–Crippen MR) is 119 cm³/mol. The second kappa shape index (κ2) is 8.24. The van der Waals surface area contributed by atoms with Crippen LogP contribution in [0.25, 0.3) is 0 Å². The number of esters is 1. The Balaban J connectivity index is 1.79. The summed E-state index contributed by atoms with van der Waals surface area (Å²) in [6.45, 7) is 4.09. The topological polar surface area (TPSA) is 81.0 Å². The minimum atomic E-state index is -0.817. The molecule has 0 radical (unpaired) electrons. The standard InChI is InChI=1S/C25H34N2O5/c1-15-19(23(28)30-6)20(25(14-26)11-12-25)18(13-29-5)22-21(15)31-24(2,32-22)16-7-9-17(10-8-16)27(3)4/h16-17H,7-13H2,1-6H3. The summed E-state index contributed by atoms with van der Waals surface area (Å²) in [6, 6.07) is 3.02. The number of carbonyl (C=O) groups is 1. The molecule has 1 heterocycles. The van der Waals surface area contributed by atoms with E-state index in [9.17, 15) is 10.1 Å². The molecule has 0 spiro atoms. The van der Waals surface area contributed by atoms with Gasteiger partial charge in [0, 0.05) is 37.1 Å². The summed E-state index contributed by atoms with van der Waals surface area (Å²) in [4.78, 5) is 15.2. The van der Waals surface area contributed by atoms with Crippen LogP contribution in [0.3, 0.4) is 0 Å². The van der Waals surface area contributed by atoms with Gasteiger partial charge in [-0.15, -0.1) is 0 Å². The number of fused-ring (bicyclic) bond motifs is 1. The first-order valence-corrected chi connectivity index (χ1v) is 11.4. The molecule has 7 heteroatoms. The second-order valence-corrected chi connectivity index (χ2v) is 9.82. The number of rotatable bonds is 6. The summed E-state index contributed by atoms with van der Waals surface area (Å²) >= 11 is 0. The molecule has 3 aliphatic rings. The Bertz CT molecular complexity index is 954. The molecule has 2 fully saturated rings. The third-order valence-electron chi connectivity index (χ3n) is 7.65. The molecule has 2 saturated carbocycles. The van der Waals surface area contributed by atoms with Crippen molar-refractivity contribution in [2.45, 2.75) is 76.2 Å². The van der Waals surface area contributed by atoms with E-state index < -0.39 is 17.2 Å². The number of methoxy groups -OCH3 is 2. The quantitative estimate of drug-likeness (QED) is 0.614. The van der Waals surface area contributed by atoms with E-state index in [-0.39, 0.29) is 12.5 Å². The van der Waals surface area contributed by atoms with Gasteiger partial charge in [-0.05, 0) is 65.1 Å². The monoisotopic (exact) mass is 442 g/mol. The lowest BCUT2D eigenvalue weighted by atomic mass is 9.81. The molecule has 0 aromatic heterocycles. The van der Waals surface area contributed by atoms with Crippen molar-refractivity contribution in [3.8, 4) is 17.6 Å². The zero-order valence-electron chi connectivity index (χ0n) is 20.0. The Morgan fingerprint density at radius 2 is 1.78 bits per heavy atom. The van der Waals surface area contributed by atoms with Gasteiger partial charge in [0.25, 0.3) is 5.79 Å². The maximum atomic E-state index is 12.9. The van der Waals surface area contributed by atoms with Gasteiger partial charge in [-0.2, -0.15) is 5.26 Å². The van der Waals surface area contributed by atoms with Gasteiger partial charge < -0.3 is 23.8 Å². The van der Waals surface area contributed by atoms with Gasteiger partial charge in [0.2, 0.25) is 0 Å². The molecule has 1 aromatic carbocycles. The molecule has 0 N–H and O–H groups in total. The Morgan fingerprint density at radius 3 is 2.28 bits per heavy atom. The maximum absolute atomic E-state index is 12.9. The molecular weight excluding hydrogens is 408 g/mol. The fourth-order valence-electron chi connectivity index (χ4n) is 5.52. The van der Waals surface area contributed by atoms with Gasteiger partial charge in [0.05, 0.1) is 30.8 Å². The largest absolute Gasteiger partial charge is 0.465 e. The number of nitrogens with zero attached hydrogens (tertiary/aromatic N) is 2. The van der Waals surface area contributed by atoms with E-state index in [1.807, 2.05) is 13.8 Å². The van der Waals surface area contributed by atoms with E-state index in [0.717, 1.165) is 31.2 Å². The predicted octanol–water partition coefficient (Wildman–Crippen LogP) is 4.09. The van der Waals surface area contributed by atoms with Crippen LogP contribution in [-0.2, 0) is 21.5 Å². The molecule has 32 heavy (non-hydrogen) atoms. The highest BCUT2D eigenvalue weighted by Gasteiger charge is 2.54. The van der Waals surface area contributed by atoms with Crippen LogP contribution in [0, 0.1) is 24.2 Å². The van der Waals surface area contributed by atoms with Crippen molar-refractivity contribution >= 4 is 5.97 Å². The van der Waals surface area contributed by atoms with Gasteiger partial charge in [0.1, 0.15) is 0 Å². The van der Waals surface area contributed by atoms with Gasteiger partial charge in [0.15, 0.2) is 11.5 Å². The Hall–Kier alpha value is -2.30. The normalized spacial score (nSPS) is 27.8. The molecule has 1 atom stereocenters. The molecule has 1 aromatic rings. The van der Waals surface area contributed by atoms with Crippen molar-refractivity contribution in [3.63, 3.8) is 0 Å². The van der Waals surface area contributed by atoms with Crippen molar-refractivity contribution in [1.82, 2.24) is 4.90 Å². The molecule has 0 bridgehead atoms. The molecule has 0 saturated heterocycles. The van der Waals surface area contributed by atoms with Crippen LogP contribution in [0.5, 0.6) is 11.5 Å². The van der Waals surface area contributed by atoms with Crippen LogP contribution < -0.4 is 9.47 Å². The number of ether oxygens (including phenoxy) is 4. The highest BCUT2D eigenvalue weighted by Crippen LogP contribution is 2.58. The number of nitriles is 1. The van der Waals surface area contributed by atoms with Crippen LogP contribution in [0.1, 0.15) is 72.5 Å². The first kappa shape index (κ1) is 22.9. The fraction of sp³-hybridized carbons (Fsp3) is 0.680. The lowest BCUT2D eigenvalue weighted by Crippen LogP contribution is -2.46. The van der Waals surface area contributed by atoms with E-state index in [1.54, 1.807) is 7.11 Å². The zero-order chi connectivity index (χ0) is 23.3. The van der Waals surface area contributed by atoms with Gasteiger partial charge in [-0.25, -0.2) is 4.79 Å². The van der Waals surface area contributed by atoms with E-state index in [4.69, 9.17) is 18.9 Å². The minimum absolute atomic E-state index is 0.233. The van der Waals surface area contributed by atoms with Crippen molar-refractivity contribution in [1.29, 1.82) is 5.26 Å². The number of benzene rings is 1. The molecule has 1 unspecified atom stereocenters. The van der Waals surface area contributed by atoms with Crippen LogP contribution in [0.2, 0.25) is 0 Å². The van der Waals surface area contributed by atoms with Crippen LogP contribution in [-0.4, -0.2) is 51.0 Å². The SMILES string of the molecule is COCc1c2c(c(C)c(C(=O)OC)c1C1(C#N)CC1)OC(C)(C1CCC(N(C)C)CC1)O2. The summed E-state index contributed by atoms with van der Waals surface area (Å²) in [6.07, 6.45) is 5.60. The van der Waals surface area contributed by atoms with Crippen LogP contribution in [0.4, 0.5) is 0 Å². The first-order chi connectivity index (χ1) is 15.2. The summed E-state index contributed by atoms with van der Waals surface area (Å²) < 4.78 is 23.8. The molecule has 174 valence electrons. The summed E-state index contributed by atoms with van der Waals surface area (Å²) in [5.74, 6) is 0.153. The van der Waals surface area contributed by atoms with E-state index >= 15 is 0 Å². The smallest absolute Gasteiger partial charge is 0.338 e. The average molecular weight is 443 g/mol. The van der Waals surface area contributed by atoms with E-state index in [2.05, 4.69) is 25.1 Å². The van der Waals surface area contributed by atoms with Gasteiger partial charge in [-0.3, -0.25) is 0 Å². The second-order valence-electron chi connectivity index (χ2n) is 9.82. The zero-order valence-corrected chi connectivity index (χ0v) is 20.0. The van der Waals surface area contributed by atoms with E-state index in [0.29, 0.717) is 47.1 Å². The Morgan fingerprint density at radius 1 is 1.16 bits per heavy atom. The third kappa shape index (κ3) is 3.54. The molecular formula is C25H34N2O5. The number of hydrogen-bond donors (Lipinski definition) is 0. The summed E-state index contributed by atoms with van der Waals surface area (Å²) in [5.41, 5.74) is 1.81. The number of carbonyl (C=O) groups excluding carboxylic acids is 1. The summed E-state index contributed by atoms with van der Waals surface area (Å²) in [7, 11) is 7.23. The number of hydrogen-bond acceptors (Lipinski definition) is 7. The maximum Gasteiger partial charge on any atom is 0.338 e. The lowest BCUT2D eigenvalue weighted by molar-refractivity contribution is -0.123. The molecule has 7 nitrogen and oxygen atoms in total. The third-order valence-corrected chi connectivity index (χ3v) is 7.65. The first-order valence-electron chi connectivity index (χ1n) is 11.4. The van der Waals surface area contributed by atoms with Crippen molar-refractivity contribution < 1.29 is 23.7 Å². The fourth-order valence-corrected chi connectivity index (χ4v) is 5.52. The minimum Gasteiger partial charge on any atom is -0.465 e. The molecule has 2 aliphatic carbocycles. The van der Waals surface area contributed by atoms with Gasteiger partial charge in [-0.1, -0.05) is 0 Å². The Labute approximate surface area is 190 Å². The van der Waals surface area contributed by atoms with E-state index in [1.165, 1.54) is 7.11 Å². The van der Waals surface area contributed by atoms with Crippen LogP contribution >= 0.6 is 0 Å². The molecule has 1 aliphatic heterocycles. The highest BCUT2D eigenvalue weighted by atomic mass is 16.7. The average Bonchev–Trinajstić information content (AvgIpc) is 3.49. The molecule has 0 amide bonds. The highest BCUT2D eigenvalue weighted by molar-refractivity contribution is 5.96. The lowest BCUT2D eigenvalue weighted by Gasteiger charge is -2.39. The van der Waals surface area contributed by atoms with Crippen molar-refractivity contribution in [2.75, 3.05) is 28.3 Å². The molecule has 4 rings (SSSR count). The summed E-state index contributed by atoms with van der Waals surface area (Å²) in [5, 5.41) is 9.98. The van der Waals surface area contributed by atoms with Crippen LogP contribution in [0.15, 0.2) is 0 Å².